The maximum atomic E-state index is 11.3. The van der Waals surface area contributed by atoms with Crippen LogP contribution in [0, 0.1) is 0 Å². The maximum absolute atomic E-state index is 11.3. The van der Waals surface area contributed by atoms with E-state index in [0.717, 1.165) is 34.3 Å². The number of nitrogens with two attached hydrogens (primary N) is 1. The van der Waals surface area contributed by atoms with Gasteiger partial charge in [0.25, 0.3) is 0 Å². The molecule has 0 fully saturated rings. The van der Waals surface area contributed by atoms with E-state index in [1.165, 1.54) is 0 Å². The van der Waals surface area contributed by atoms with Crippen molar-refractivity contribution in [1.82, 2.24) is 9.63 Å². The van der Waals surface area contributed by atoms with Crippen molar-refractivity contribution in [3.63, 3.8) is 0 Å². The number of ether oxygens (including phenoxy) is 1. The van der Waals surface area contributed by atoms with E-state index in [1.54, 1.807) is 0 Å². The normalized spacial score (nSPS) is 16.0. The monoisotopic (exact) mass is 337 g/mol. The first kappa shape index (κ1) is 15.5. The Balaban J connectivity index is 1.64. The van der Waals surface area contributed by atoms with E-state index < -0.39 is 12.2 Å². The van der Waals surface area contributed by atoms with Crippen LogP contribution in [0.25, 0.3) is 10.9 Å². The van der Waals surface area contributed by atoms with Crippen LogP contribution in [0.15, 0.2) is 54.6 Å². The molecule has 1 aromatic heterocycles. The number of amides is 2. The zero-order valence-corrected chi connectivity index (χ0v) is 13.6. The molecule has 3 aromatic rings. The van der Waals surface area contributed by atoms with Crippen molar-refractivity contribution in [3.05, 3.63) is 65.9 Å². The Morgan fingerprint density at radius 2 is 2.04 bits per heavy atom. The second kappa shape index (κ2) is 6.14. The Hall–Kier alpha value is -2.99. The third kappa shape index (κ3) is 2.81. The molecule has 2 heterocycles. The molecule has 4 rings (SSSR count). The topological polar surface area (TPSA) is 80.7 Å². The highest BCUT2D eigenvalue weighted by Crippen LogP contribution is 2.36. The Labute approximate surface area is 145 Å². The molecule has 0 radical (unpaired) electrons. The molecule has 1 aliphatic heterocycles. The molecule has 1 atom stereocenters. The summed E-state index contributed by atoms with van der Waals surface area (Å²) < 4.78 is 7.85. The van der Waals surface area contributed by atoms with E-state index in [0.29, 0.717) is 18.1 Å². The van der Waals surface area contributed by atoms with Crippen molar-refractivity contribution in [1.29, 1.82) is 0 Å². The van der Waals surface area contributed by atoms with Crippen LogP contribution >= 0.6 is 0 Å². The van der Waals surface area contributed by atoms with Crippen molar-refractivity contribution in [2.45, 2.75) is 25.6 Å². The first-order chi connectivity index (χ1) is 12.1. The highest BCUT2D eigenvalue weighted by molar-refractivity contribution is 5.83. The van der Waals surface area contributed by atoms with Gasteiger partial charge in [0.2, 0.25) is 0 Å². The summed E-state index contributed by atoms with van der Waals surface area (Å²) in [5.41, 5.74) is 8.31. The molecule has 1 unspecified atom stereocenters. The van der Waals surface area contributed by atoms with Crippen LogP contribution in [0.2, 0.25) is 0 Å². The van der Waals surface area contributed by atoms with E-state index in [2.05, 4.69) is 6.07 Å². The standard InChI is InChI=1S/C19H19N3O3/c20-19(23)22(24)18-9-7-15-10-14-6-8-16(11-17(14)21(15)18)25-12-13-4-2-1-3-5-13/h1-6,8,10-11,18,24H,7,9,12H2,(H2,20,23). The van der Waals surface area contributed by atoms with E-state index in [9.17, 15) is 10.0 Å². The van der Waals surface area contributed by atoms with Gasteiger partial charge in [-0.15, -0.1) is 0 Å². The molecule has 0 spiro atoms. The number of carbonyl (C=O) groups is 1. The molecule has 6 heteroatoms. The number of carbonyl (C=O) groups excluding carboxylic acids is 1. The Morgan fingerprint density at radius 3 is 2.80 bits per heavy atom. The zero-order valence-electron chi connectivity index (χ0n) is 13.6. The minimum atomic E-state index is -0.851. The van der Waals surface area contributed by atoms with Gasteiger partial charge in [-0.05, 0) is 36.6 Å². The van der Waals surface area contributed by atoms with Crippen molar-refractivity contribution < 1.29 is 14.7 Å². The number of hydrogen-bond acceptors (Lipinski definition) is 3. The number of urea groups is 1. The molecule has 6 nitrogen and oxygen atoms in total. The van der Waals surface area contributed by atoms with Crippen molar-refractivity contribution in [3.8, 4) is 5.75 Å². The maximum Gasteiger partial charge on any atom is 0.340 e. The fourth-order valence-electron chi connectivity index (χ4n) is 3.42. The van der Waals surface area contributed by atoms with Gasteiger partial charge in [0.15, 0.2) is 0 Å². The van der Waals surface area contributed by atoms with Gasteiger partial charge in [0.05, 0.1) is 5.52 Å². The van der Waals surface area contributed by atoms with Crippen LogP contribution in [0.3, 0.4) is 0 Å². The minimum absolute atomic E-state index is 0.477. The number of rotatable bonds is 4. The molecule has 1 aliphatic rings. The van der Waals surface area contributed by atoms with Gasteiger partial charge in [-0.1, -0.05) is 30.3 Å². The predicted molar refractivity (Wildman–Crippen MR) is 93.3 cm³/mol. The third-order valence-electron chi connectivity index (χ3n) is 4.61. The van der Waals surface area contributed by atoms with Gasteiger partial charge in [0, 0.05) is 17.1 Å². The summed E-state index contributed by atoms with van der Waals surface area (Å²) in [5, 5.41) is 11.6. The Kier molecular flexibility index (Phi) is 3.82. The minimum Gasteiger partial charge on any atom is -0.489 e. The quantitative estimate of drug-likeness (QED) is 0.565. The molecular weight excluding hydrogens is 318 g/mol. The van der Waals surface area contributed by atoms with Crippen LogP contribution in [0.1, 0.15) is 23.8 Å². The van der Waals surface area contributed by atoms with Crippen molar-refractivity contribution in [2.75, 3.05) is 0 Å². The average Bonchev–Trinajstić information content (AvgIpc) is 3.19. The summed E-state index contributed by atoms with van der Waals surface area (Å²) in [6.07, 6.45) is 0.943. The highest BCUT2D eigenvalue weighted by Gasteiger charge is 2.30. The van der Waals surface area contributed by atoms with E-state index in [4.69, 9.17) is 10.5 Å². The molecule has 0 saturated carbocycles. The van der Waals surface area contributed by atoms with E-state index in [-0.39, 0.29) is 0 Å². The summed E-state index contributed by atoms with van der Waals surface area (Å²) in [5.74, 6) is 0.742. The lowest BCUT2D eigenvalue weighted by molar-refractivity contribution is -0.0955. The SMILES string of the molecule is NC(=O)N(O)C1CCc2cc3ccc(OCc4ccccc4)cc3n21. The van der Waals surface area contributed by atoms with E-state index in [1.807, 2.05) is 53.1 Å². The number of benzene rings is 2. The third-order valence-corrected chi connectivity index (χ3v) is 4.61. The number of hydrogen-bond donors (Lipinski definition) is 2. The molecular formula is C19H19N3O3. The average molecular weight is 337 g/mol. The first-order valence-corrected chi connectivity index (χ1v) is 8.21. The van der Waals surface area contributed by atoms with Gasteiger partial charge in [-0.3, -0.25) is 5.21 Å². The van der Waals surface area contributed by atoms with Crippen LogP contribution in [0.5, 0.6) is 5.75 Å². The molecule has 128 valence electrons. The van der Waals surface area contributed by atoms with Gasteiger partial charge in [-0.2, -0.15) is 5.06 Å². The van der Waals surface area contributed by atoms with Gasteiger partial charge in [-0.25, -0.2) is 4.79 Å². The van der Waals surface area contributed by atoms with Crippen LogP contribution in [-0.2, 0) is 13.0 Å². The molecule has 2 aromatic carbocycles. The lowest BCUT2D eigenvalue weighted by Gasteiger charge is -2.23. The molecule has 0 bridgehead atoms. The fourth-order valence-corrected chi connectivity index (χ4v) is 3.42. The summed E-state index contributed by atoms with van der Waals surface area (Å²) in [6, 6.07) is 17.0. The first-order valence-electron chi connectivity index (χ1n) is 8.21. The zero-order chi connectivity index (χ0) is 17.4. The van der Waals surface area contributed by atoms with Crippen molar-refractivity contribution >= 4 is 16.9 Å². The smallest absolute Gasteiger partial charge is 0.340 e. The number of aryl methyl sites for hydroxylation is 1. The van der Waals surface area contributed by atoms with E-state index >= 15 is 0 Å². The van der Waals surface area contributed by atoms with Gasteiger partial charge >= 0.3 is 6.03 Å². The van der Waals surface area contributed by atoms with Crippen molar-refractivity contribution in [2.24, 2.45) is 5.73 Å². The predicted octanol–water partition coefficient (Wildman–Crippen LogP) is 3.44. The number of aromatic nitrogens is 1. The lowest BCUT2D eigenvalue weighted by Crippen LogP contribution is -2.37. The Morgan fingerprint density at radius 1 is 1.24 bits per heavy atom. The van der Waals surface area contributed by atoms with Crippen LogP contribution < -0.4 is 10.5 Å². The summed E-state index contributed by atoms with van der Waals surface area (Å²) in [4.78, 5) is 11.3. The summed E-state index contributed by atoms with van der Waals surface area (Å²) in [6.45, 7) is 0.483. The van der Waals surface area contributed by atoms with Crippen LogP contribution in [-0.4, -0.2) is 20.9 Å². The second-order valence-electron chi connectivity index (χ2n) is 6.20. The number of nitrogens with zero attached hydrogens (tertiary/aromatic N) is 2. The van der Waals surface area contributed by atoms with Gasteiger partial charge < -0.3 is 15.0 Å². The van der Waals surface area contributed by atoms with Crippen LogP contribution in [0.4, 0.5) is 4.79 Å². The fraction of sp³-hybridized carbons (Fsp3) is 0.211. The van der Waals surface area contributed by atoms with Gasteiger partial charge in [0.1, 0.15) is 18.5 Å². The number of hydroxylamine groups is 2. The molecule has 25 heavy (non-hydrogen) atoms. The molecule has 3 N–H and O–H groups in total. The molecule has 0 saturated heterocycles. The molecule has 0 aliphatic carbocycles. The second-order valence-corrected chi connectivity index (χ2v) is 6.20. The summed E-state index contributed by atoms with van der Waals surface area (Å²) >= 11 is 0. The highest BCUT2D eigenvalue weighted by atomic mass is 16.5. The number of primary amides is 1. The lowest BCUT2D eigenvalue weighted by atomic mass is 10.2. The summed E-state index contributed by atoms with van der Waals surface area (Å²) in [7, 11) is 0. The Bertz CT molecular complexity index is 920. The number of fused-ring (bicyclic) bond motifs is 3. The molecule has 2 amide bonds. The largest absolute Gasteiger partial charge is 0.489 e.